The summed E-state index contributed by atoms with van der Waals surface area (Å²) >= 11 is 2.80. The summed E-state index contributed by atoms with van der Waals surface area (Å²) in [6.07, 6.45) is 0. The van der Waals surface area contributed by atoms with E-state index in [4.69, 9.17) is 4.74 Å². The molecule has 0 spiro atoms. The molecule has 0 saturated carbocycles. The Labute approximate surface area is 289 Å². The molecule has 8 nitrogen and oxygen atoms in total. The lowest BCUT2D eigenvalue weighted by atomic mass is 10.1. The highest BCUT2D eigenvalue weighted by Gasteiger charge is 2.12. The summed E-state index contributed by atoms with van der Waals surface area (Å²) in [5.41, 5.74) is 5.02. The molecule has 10 heteroatoms. The number of benzene rings is 6. The zero-order valence-corrected chi connectivity index (χ0v) is 28.0. The Bertz CT molecular complexity index is 2330. The highest BCUT2D eigenvalue weighted by Crippen LogP contribution is 2.27. The molecule has 0 amide bonds. The summed E-state index contributed by atoms with van der Waals surface area (Å²) in [5.74, 6) is 1.61. The number of Topliss-reactive ketones (excluding diaryl/α,β-unsaturated/α-hetero) is 2. The molecule has 0 bridgehead atoms. The molecule has 8 aromatic rings. The lowest BCUT2D eigenvalue weighted by Crippen LogP contribution is -2.02. The number of H-pyrrole nitrogens is 2. The number of aromatic amines is 2. The molecule has 6 aromatic carbocycles. The largest absolute Gasteiger partial charge is 0.508 e. The van der Waals surface area contributed by atoms with Crippen LogP contribution >= 0.6 is 23.5 Å². The fraction of sp³-hybridized carbons (Fsp3) is 0.0769. The van der Waals surface area contributed by atoms with Crippen LogP contribution in [0.1, 0.15) is 20.7 Å². The van der Waals surface area contributed by atoms with Crippen LogP contribution in [-0.2, 0) is 0 Å². The number of aromatic nitrogens is 4. The molecule has 0 aliphatic heterocycles. The van der Waals surface area contributed by atoms with Crippen LogP contribution < -0.4 is 4.74 Å². The summed E-state index contributed by atoms with van der Waals surface area (Å²) in [4.78, 5) is 40.2. The molecule has 242 valence electrons. The zero-order chi connectivity index (χ0) is 33.7. The van der Waals surface area contributed by atoms with Gasteiger partial charge < -0.3 is 19.8 Å². The summed E-state index contributed by atoms with van der Waals surface area (Å²) in [6.45, 7) is 0. The van der Waals surface area contributed by atoms with Crippen LogP contribution in [0.15, 0.2) is 132 Å². The second-order valence-electron chi connectivity index (χ2n) is 11.2. The number of phenolic OH excluding ortho intramolecular Hbond substituents is 1. The van der Waals surface area contributed by atoms with Crippen molar-refractivity contribution in [3.8, 4) is 11.5 Å². The van der Waals surface area contributed by atoms with Crippen molar-refractivity contribution in [3.05, 3.63) is 132 Å². The Balaban J connectivity index is 0.000000154. The smallest absolute Gasteiger partial charge is 0.173 e. The number of nitrogens with one attached hydrogen (secondary N) is 2. The minimum Gasteiger partial charge on any atom is -0.508 e. The van der Waals surface area contributed by atoms with Crippen molar-refractivity contribution < 1.29 is 19.4 Å². The molecule has 3 N–H and O–H groups in total. The number of carbonyl (C=O) groups excluding carboxylic acids is 2. The number of rotatable bonds is 9. The van der Waals surface area contributed by atoms with Gasteiger partial charge in [-0.05, 0) is 94.3 Å². The lowest BCUT2D eigenvalue weighted by Gasteiger charge is -2.02. The predicted octanol–water partition coefficient (Wildman–Crippen LogP) is 9.10. The summed E-state index contributed by atoms with van der Waals surface area (Å²) < 4.78 is 5.11. The van der Waals surface area contributed by atoms with Gasteiger partial charge in [-0.25, -0.2) is 9.97 Å². The average molecular weight is 683 g/mol. The van der Waals surface area contributed by atoms with Crippen LogP contribution in [-0.4, -0.2) is 55.2 Å². The van der Waals surface area contributed by atoms with Crippen molar-refractivity contribution in [2.75, 3.05) is 18.6 Å². The van der Waals surface area contributed by atoms with Gasteiger partial charge in [0, 0.05) is 11.1 Å². The van der Waals surface area contributed by atoms with Crippen molar-refractivity contribution >= 4 is 78.7 Å². The lowest BCUT2D eigenvalue weighted by molar-refractivity contribution is 0.101. The molecule has 0 radical (unpaired) electrons. The minimum atomic E-state index is 0.00520. The molecule has 2 heterocycles. The van der Waals surface area contributed by atoms with Crippen LogP contribution in [0.5, 0.6) is 11.5 Å². The first-order chi connectivity index (χ1) is 23.9. The number of hydrogen-bond donors (Lipinski definition) is 3. The van der Waals surface area contributed by atoms with E-state index in [0.717, 1.165) is 54.3 Å². The van der Waals surface area contributed by atoms with Crippen molar-refractivity contribution in [1.29, 1.82) is 0 Å². The number of fused-ring (bicyclic) bond motifs is 4. The second-order valence-corrected chi connectivity index (χ2v) is 13.1. The third-order valence-electron chi connectivity index (χ3n) is 7.94. The molecule has 0 unspecified atom stereocenters. The number of ether oxygens (including phenoxy) is 1. The molecule has 2 aromatic heterocycles. The topological polar surface area (TPSA) is 121 Å². The van der Waals surface area contributed by atoms with Crippen molar-refractivity contribution in [1.82, 2.24) is 19.9 Å². The van der Waals surface area contributed by atoms with Gasteiger partial charge in [-0.3, -0.25) is 9.59 Å². The predicted molar refractivity (Wildman–Crippen MR) is 198 cm³/mol. The second kappa shape index (κ2) is 14.3. The molecule has 0 fully saturated rings. The van der Waals surface area contributed by atoms with E-state index in [0.29, 0.717) is 22.6 Å². The third kappa shape index (κ3) is 7.45. The fourth-order valence-corrected chi connectivity index (χ4v) is 6.90. The maximum atomic E-state index is 12.3. The summed E-state index contributed by atoms with van der Waals surface area (Å²) in [7, 11) is 1.61. The van der Waals surface area contributed by atoms with Crippen LogP contribution in [0, 0.1) is 0 Å². The van der Waals surface area contributed by atoms with E-state index in [1.807, 2.05) is 30.3 Å². The third-order valence-corrected chi connectivity index (χ3v) is 9.68. The molecular weight excluding hydrogens is 653 g/mol. The molecule has 0 aliphatic carbocycles. The van der Waals surface area contributed by atoms with Gasteiger partial charge in [0.05, 0.1) is 40.7 Å². The number of ketones is 2. The maximum Gasteiger partial charge on any atom is 0.173 e. The molecule has 8 rings (SSSR count). The van der Waals surface area contributed by atoms with Gasteiger partial charge in [-0.15, -0.1) is 0 Å². The number of aromatic hydroxyl groups is 1. The number of nitrogens with zero attached hydrogens (tertiary/aromatic N) is 2. The number of carbonyl (C=O) groups is 2. The van der Waals surface area contributed by atoms with Gasteiger partial charge in [0.1, 0.15) is 11.5 Å². The van der Waals surface area contributed by atoms with E-state index in [9.17, 15) is 14.7 Å². The van der Waals surface area contributed by atoms with Crippen molar-refractivity contribution in [3.63, 3.8) is 0 Å². The highest BCUT2D eigenvalue weighted by molar-refractivity contribution is 8.00. The van der Waals surface area contributed by atoms with E-state index >= 15 is 0 Å². The van der Waals surface area contributed by atoms with E-state index < -0.39 is 0 Å². The summed E-state index contributed by atoms with van der Waals surface area (Å²) in [6, 6.07) is 38.1. The molecule has 0 atom stereocenters. The van der Waals surface area contributed by atoms with Gasteiger partial charge in [0.15, 0.2) is 21.9 Å². The van der Waals surface area contributed by atoms with Gasteiger partial charge in [-0.1, -0.05) is 72.1 Å². The first-order valence-electron chi connectivity index (χ1n) is 15.4. The van der Waals surface area contributed by atoms with Gasteiger partial charge in [0.25, 0.3) is 0 Å². The van der Waals surface area contributed by atoms with Crippen LogP contribution in [0.2, 0.25) is 0 Å². The standard InChI is InChI=1S/C20H16N2O2S.C19H14N2O2S/c1-24-16-8-6-13(7-9-16)19(23)12-25-20-21-17-10-14-4-2-3-5-15(14)11-18(17)22-20;22-15-7-5-12(6-8-15)18(23)11-24-19-20-16-9-13-3-1-2-4-14(13)10-17(16)21-19/h2-11H,12H2,1H3,(H,21,22);1-10,22H,11H2,(H,20,21). The Kier molecular flexibility index (Phi) is 9.31. The number of methoxy groups -OCH3 is 1. The monoisotopic (exact) mass is 682 g/mol. The SMILES string of the molecule is COc1ccc(C(=O)CSc2nc3cc4ccccc4cc3[nH]2)cc1.O=C(CSc1nc2cc3ccccc3cc2[nH]1)c1ccc(O)cc1. The van der Waals surface area contributed by atoms with Crippen LogP contribution in [0.25, 0.3) is 43.6 Å². The van der Waals surface area contributed by atoms with E-state index in [-0.39, 0.29) is 17.3 Å². The Morgan fingerprint density at radius 2 is 1.02 bits per heavy atom. The summed E-state index contributed by atoms with van der Waals surface area (Å²) in [5, 5.41) is 15.4. The van der Waals surface area contributed by atoms with Crippen LogP contribution in [0.4, 0.5) is 0 Å². The quantitative estimate of drug-likeness (QED) is 0.102. The van der Waals surface area contributed by atoms with Crippen molar-refractivity contribution in [2.45, 2.75) is 10.3 Å². The normalized spacial score (nSPS) is 11.1. The van der Waals surface area contributed by atoms with Gasteiger partial charge in [-0.2, -0.15) is 0 Å². The van der Waals surface area contributed by atoms with Crippen LogP contribution in [0.3, 0.4) is 0 Å². The molecule has 49 heavy (non-hydrogen) atoms. The van der Waals surface area contributed by atoms with E-state index in [1.54, 1.807) is 43.5 Å². The molecule has 0 aliphatic rings. The highest BCUT2D eigenvalue weighted by atomic mass is 32.2. The first-order valence-corrected chi connectivity index (χ1v) is 17.4. The number of phenols is 1. The fourth-order valence-electron chi connectivity index (χ4n) is 5.34. The number of imidazole rings is 2. The Morgan fingerprint density at radius 3 is 1.45 bits per heavy atom. The molecule has 0 saturated heterocycles. The minimum absolute atomic E-state index is 0.00520. The maximum absolute atomic E-state index is 12.3. The van der Waals surface area contributed by atoms with Gasteiger partial charge >= 0.3 is 0 Å². The molecular formula is C39H30N4O4S2. The van der Waals surface area contributed by atoms with Crippen molar-refractivity contribution in [2.24, 2.45) is 0 Å². The zero-order valence-electron chi connectivity index (χ0n) is 26.3. The number of hydrogen-bond acceptors (Lipinski definition) is 8. The Morgan fingerprint density at radius 1 is 0.612 bits per heavy atom. The van der Waals surface area contributed by atoms with E-state index in [2.05, 4.69) is 62.4 Å². The number of thioether (sulfide) groups is 2. The first kappa shape index (κ1) is 32.0. The average Bonchev–Trinajstić information content (AvgIpc) is 3.73. The van der Waals surface area contributed by atoms with E-state index in [1.165, 1.54) is 41.0 Å². The Hall–Kier alpha value is -5.58. The van der Waals surface area contributed by atoms with Gasteiger partial charge in [0.2, 0.25) is 0 Å².